The predicted octanol–water partition coefficient (Wildman–Crippen LogP) is 3.23. The molecule has 112 valence electrons. The van der Waals surface area contributed by atoms with Gasteiger partial charge in [0, 0.05) is 12.7 Å². The second-order valence-corrected chi connectivity index (χ2v) is 5.48. The number of aliphatic imine (C=N–C) groups is 1. The highest BCUT2D eigenvalue weighted by Gasteiger charge is 2.32. The van der Waals surface area contributed by atoms with Crippen molar-refractivity contribution < 1.29 is 9.53 Å². The first kappa shape index (κ1) is 15.6. The van der Waals surface area contributed by atoms with Gasteiger partial charge >= 0.3 is 5.97 Å². The molecule has 0 radical (unpaired) electrons. The maximum atomic E-state index is 12.3. The zero-order valence-electron chi connectivity index (χ0n) is 12.8. The molecule has 0 aliphatic carbocycles. The molecule has 0 aromatic heterocycles. The van der Waals surface area contributed by atoms with E-state index in [4.69, 9.17) is 9.73 Å². The zero-order valence-corrected chi connectivity index (χ0v) is 13.6. The van der Waals surface area contributed by atoms with E-state index in [2.05, 4.69) is 0 Å². The Morgan fingerprint density at radius 1 is 1.38 bits per heavy atom. The summed E-state index contributed by atoms with van der Waals surface area (Å²) in [6.45, 7) is 4.11. The SMILES string of the molecule is CCOC(=O)C1=C(C)N(C)C(SC)=NC1c1ccccc1. The van der Waals surface area contributed by atoms with Crippen molar-refractivity contribution >= 4 is 22.9 Å². The van der Waals surface area contributed by atoms with E-state index in [9.17, 15) is 4.79 Å². The summed E-state index contributed by atoms with van der Waals surface area (Å²) < 4.78 is 5.22. The van der Waals surface area contributed by atoms with Gasteiger partial charge in [-0.15, -0.1) is 0 Å². The highest BCUT2D eigenvalue weighted by atomic mass is 32.2. The monoisotopic (exact) mass is 304 g/mol. The summed E-state index contributed by atoms with van der Waals surface area (Å²) in [6, 6.07) is 9.55. The van der Waals surface area contributed by atoms with Crippen LogP contribution in [0.15, 0.2) is 46.6 Å². The smallest absolute Gasteiger partial charge is 0.338 e. The van der Waals surface area contributed by atoms with Crippen molar-refractivity contribution in [3.05, 3.63) is 47.2 Å². The molecule has 0 fully saturated rings. The molecule has 0 saturated heterocycles. The summed E-state index contributed by atoms with van der Waals surface area (Å²) in [7, 11) is 1.92. The molecule has 21 heavy (non-hydrogen) atoms. The first-order valence-corrected chi connectivity index (χ1v) is 8.11. The van der Waals surface area contributed by atoms with Crippen molar-refractivity contribution in [3.8, 4) is 0 Å². The number of hydrogen-bond donors (Lipinski definition) is 0. The van der Waals surface area contributed by atoms with Gasteiger partial charge < -0.3 is 9.64 Å². The number of thioether (sulfide) groups is 1. The van der Waals surface area contributed by atoms with Crippen LogP contribution in [0.2, 0.25) is 0 Å². The Kier molecular flexibility index (Phi) is 5.07. The van der Waals surface area contributed by atoms with Crippen molar-refractivity contribution in [1.82, 2.24) is 4.90 Å². The van der Waals surface area contributed by atoms with Gasteiger partial charge in [0.2, 0.25) is 0 Å². The Morgan fingerprint density at radius 3 is 2.62 bits per heavy atom. The normalized spacial score (nSPS) is 18.6. The molecule has 0 spiro atoms. The Labute approximate surface area is 129 Å². The van der Waals surface area contributed by atoms with Gasteiger partial charge in [-0.25, -0.2) is 9.79 Å². The van der Waals surface area contributed by atoms with Gasteiger partial charge in [0.05, 0.1) is 12.2 Å². The van der Waals surface area contributed by atoms with E-state index >= 15 is 0 Å². The van der Waals surface area contributed by atoms with E-state index in [1.807, 2.05) is 62.4 Å². The lowest BCUT2D eigenvalue weighted by atomic mass is 9.96. The molecule has 1 aliphatic heterocycles. The minimum Gasteiger partial charge on any atom is -0.463 e. The summed E-state index contributed by atoms with van der Waals surface area (Å²) in [4.78, 5) is 19.0. The fraction of sp³-hybridized carbons (Fsp3) is 0.375. The number of hydrogen-bond acceptors (Lipinski definition) is 5. The summed E-state index contributed by atoms with van der Waals surface area (Å²) in [5.41, 5.74) is 2.50. The van der Waals surface area contributed by atoms with E-state index in [0.29, 0.717) is 12.2 Å². The van der Waals surface area contributed by atoms with Crippen LogP contribution in [0.1, 0.15) is 25.5 Å². The van der Waals surface area contributed by atoms with Crippen LogP contribution >= 0.6 is 11.8 Å². The lowest BCUT2D eigenvalue weighted by molar-refractivity contribution is -0.139. The predicted molar refractivity (Wildman–Crippen MR) is 87.2 cm³/mol. The summed E-state index contributed by atoms with van der Waals surface area (Å²) in [5.74, 6) is -0.292. The first-order chi connectivity index (χ1) is 10.1. The van der Waals surface area contributed by atoms with Crippen molar-refractivity contribution in [2.45, 2.75) is 19.9 Å². The van der Waals surface area contributed by atoms with Gasteiger partial charge in [0.1, 0.15) is 6.04 Å². The third-order valence-electron chi connectivity index (χ3n) is 3.49. The summed E-state index contributed by atoms with van der Waals surface area (Å²) in [6.07, 6.45) is 1.99. The lowest BCUT2D eigenvalue weighted by Gasteiger charge is -2.31. The van der Waals surface area contributed by atoms with Crippen LogP contribution in [-0.2, 0) is 9.53 Å². The van der Waals surface area contributed by atoms with E-state index in [1.165, 1.54) is 0 Å². The Morgan fingerprint density at radius 2 is 2.05 bits per heavy atom. The third-order valence-corrected chi connectivity index (χ3v) is 4.23. The molecule has 1 atom stereocenters. The molecule has 0 N–H and O–H groups in total. The molecular formula is C16H20N2O2S. The number of esters is 1. The minimum atomic E-state index is -0.302. The zero-order chi connectivity index (χ0) is 15.4. The van der Waals surface area contributed by atoms with Crippen LogP contribution in [0.25, 0.3) is 0 Å². The van der Waals surface area contributed by atoms with Crippen molar-refractivity contribution in [1.29, 1.82) is 0 Å². The van der Waals surface area contributed by atoms with Gasteiger partial charge in [0.25, 0.3) is 0 Å². The molecular weight excluding hydrogens is 284 g/mol. The van der Waals surface area contributed by atoms with Gasteiger partial charge in [-0.2, -0.15) is 0 Å². The standard InChI is InChI=1S/C16H20N2O2S/c1-5-20-15(19)13-11(2)18(3)16(21-4)17-14(13)12-9-7-6-8-10-12/h6-10,14H,5H2,1-4H3. The van der Waals surface area contributed by atoms with E-state index in [1.54, 1.807) is 11.8 Å². The molecule has 0 amide bonds. The number of carbonyl (C=O) groups is 1. The van der Waals surface area contributed by atoms with E-state index < -0.39 is 0 Å². The lowest BCUT2D eigenvalue weighted by Crippen LogP contribution is -2.32. The molecule has 0 bridgehead atoms. The summed E-state index contributed by atoms with van der Waals surface area (Å²) in [5, 5.41) is 0.898. The van der Waals surface area contributed by atoms with Crippen molar-refractivity contribution in [3.63, 3.8) is 0 Å². The Bertz CT molecular complexity index is 581. The van der Waals surface area contributed by atoms with E-state index in [0.717, 1.165) is 16.4 Å². The van der Waals surface area contributed by atoms with Crippen molar-refractivity contribution in [2.75, 3.05) is 19.9 Å². The molecule has 1 aromatic carbocycles. The highest BCUT2D eigenvalue weighted by molar-refractivity contribution is 8.13. The van der Waals surface area contributed by atoms with Crippen molar-refractivity contribution in [2.24, 2.45) is 4.99 Å². The minimum absolute atomic E-state index is 0.292. The second-order valence-electron chi connectivity index (χ2n) is 4.71. The number of benzene rings is 1. The molecule has 1 unspecified atom stereocenters. The van der Waals surface area contributed by atoms with Gasteiger partial charge in [-0.1, -0.05) is 42.1 Å². The number of amidine groups is 1. The second kappa shape index (κ2) is 6.80. The molecule has 2 rings (SSSR count). The fourth-order valence-corrected chi connectivity index (χ4v) is 2.94. The maximum absolute atomic E-state index is 12.3. The van der Waals surface area contributed by atoms with Crippen LogP contribution in [0.4, 0.5) is 0 Å². The molecule has 0 saturated carbocycles. The summed E-state index contributed by atoms with van der Waals surface area (Å²) >= 11 is 1.57. The van der Waals surface area contributed by atoms with Crippen LogP contribution in [0.5, 0.6) is 0 Å². The van der Waals surface area contributed by atoms with Crippen LogP contribution in [0.3, 0.4) is 0 Å². The largest absolute Gasteiger partial charge is 0.463 e. The van der Waals surface area contributed by atoms with Gasteiger partial charge in [-0.3, -0.25) is 0 Å². The Balaban J connectivity index is 2.51. The maximum Gasteiger partial charge on any atom is 0.338 e. The quantitative estimate of drug-likeness (QED) is 0.804. The topological polar surface area (TPSA) is 41.9 Å². The number of allylic oxidation sites excluding steroid dienone is 1. The van der Waals surface area contributed by atoms with Crippen LogP contribution in [0, 0.1) is 0 Å². The van der Waals surface area contributed by atoms with Gasteiger partial charge in [-0.05, 0) is 25.7 Å². The average Bonchev–Trinajstić information content (AvgIpc) is 2.50. The molecule has 5 heteroatoms. The van der Waals surface area contributed by atoms with Gasteiger partial charge in [0.15, 0.2) is 5.17 Å². The number of ether oxygens (including phenoxy) is 1. The van der Waals surface area contributed by atoms with Crippen LogP contribution in [-0.4, -0.2) is 35.9 Å². The molecule has 1 aliphatic rings. The fourth-order valence-electron chi connectivity index (χ4n) is 2.32. The third kappa shape index (κ3) is 3.13. The molecule has 1 heterocycles. The molecule has 4 nitrogen and oxygen atoms in total. The average molecular weight is 304 g/mol. The number of nitrogens with zero attached hydrogens (tertiary/aromatic N) is 2. The highest BCUT2D eigenvalue weighted by Crippen LogP contribution is 2.35. The Hall–Kier alpha value is -1.75. The number of carbonyl (C=O) groups excluding carboxylic acids is 1. The number of rotatable bonds is 3. The van der Waals surface area contributed by atoms with Crippen LogP contribution < -0.4 is 0 Å². The first-order valence-electron chi connectivity index (χ1n) is 6.88. The van der Waals surface area contributed by atoms with E-state index in [-0.39, 0.29) is 12.0 Å². The molecule has 1 aromatic rings.